The van der Waals surface area contributed by atoms with Crippen LogP contribution >= 0.6 is 0 Å². The summed E-state index contributed by atoms with van der Waals surface area (Å²) < 4.78 is 10.2. The van der Waals surface area contributed by atoms with E-state index in [1.165, 1.54) is 6.42 Å². The molecule has 0 spiro atoms. The maximum atomic E-state index is 9.68. The van der Waals surface area contributed by atoms with Crippen LogP contribution in [0.2, 0.25) is 0 Å². The van der Waals surface area contributed by atoms with Gasteiger partial charge in [-0.15, -0.1) is 0 Å². The number of aliphatic hydroxyl groups excluding tert-OH is 1. The summed E-state index contributed by atoms with van der Waals surface area (Å²) in [5.41, 5.74) is -0.324. The molecule has 0 amide bonds. The third kappa shape index (κ3) is 3.26. The number of hydrogen-bond acceptors (Lipinski definition) is 6. The third-order valence-electron chi connectivity index (χ3n) is 3.59. The Bertz CT molecular complexity index is 397. The first kappa shape index (κ1) is 13.9. The lowest BCUT2D eigenvalue weighted by Crippen LogP contribution is -2.44. The van der Waals surface area contributed by atoms with Crippen LogP contribution in [0.1, 0.15) is 32.1 Å². The van der Waals surface area contributed by atoms with Crippen molar-refractivity contribution in [3.05, 3.63) is 6.07 Å². The number of nitrogens with zero attached hydrogens (tertiary/aromatic N) is 2. The van der Waals surface area contributed by atoms with Crippen molar-refractivity contribution >= 4 is 5.95 Å². The Kier molecular flexibility index (Phi) is 4.42. The highest BCUT2D eigenvalue weighted by atomic mass is 16.5. The summed E-state index contributed by atoms with van der Waals surface area (Å²) in [5.74, 6) is 1.32. The van der Waals surface area contributed by atoms with Gasteiger partial charge in [0.05, 0.1) is 32.4 Å². The van der Waals surface area contributed by atoms with Gasteiger partial charge in [0, 0.05) is 0 Å². The van der Waals surface area contributed by atoms with E-state index in [9.17, 15) is 5.11 Å². The monoisotopic (exact) mass is 267 g/mol. The van der Waals surface area contributed by atoms with E-state index in [0.29, 0.717) is 17.7 Å². The summed E-state index contributed by atoms with van der Waals surface area (Å²) in [6.07, 6.45) is 5.27. The van der Waals surface area contributed by atoms with Gasteiger partial charge in [0.1, 0.15) is 0 Å². The molecule has 1 fully saturated rings. The van der Waals surface area contributed by atoms with Crippen LogP contribution < -0.4 is 14.8 Å². The molecule has 6 nitrogen and oxygen atoms in total. The molecule has 19 heavy (non-hydrogen) atoms. The first-order chi connectivity index (χ1) is 9.21. The molecule has 0 atom stereocenters. The zero-order chi connectivity index (χ0) is 13.7. The van der Waals surface area contributed by atoms with E-state index < -0.39 is 0 Å². The normalized spacial score (nSPS) is 17.8. The molecule has 106 valence electrons. The molecule has 1 aliphatic rings. The predicted molar refractivity (Wildman–Crippen MR) is 71.7 cm³/mol. The summed E-state index contributed by atoms with van der Waals surface area (Å²) in [6.45, 7) is 0.0793. The predicted octanol–water partition coefficient (Wildman–Crippen LogP) is 1.60. The molecule has 2 rings (SSSR count). The molecule has 2 N–H and O–H groups in total. The number of ether oxygens (including phenoxy) is 2. The lowest BCUT2D eigenvalue weighted by atomic mass is 9.82. The first-order valence-electron chi connectivity index (χ1n) is 6.57. The fraction of sp³-hybridized carbons (Fsp3) is 0.692. The van der Waals surface area contributed by atoms with Crippen LogP contribution in [-0.4, -0.2) is 41.4 Å². The Morgan fingerprint density at radius 2 is 1.74 bits per heavy atom. The van der Waals surface area contributed by atoms with Crippen LogP contribution in [-0.2, 0) is 0 Å². The lowest BCUT2D eigenvalue weighted by Gasteiger charge is -2.36. The van der Waals surface area contributed by atoms with Crippen molar-refractivity contribution in [3.63, 3.8) is 0 Å². The Hall–Kier alpha value is -1.56. The molecule has 1 heterocycles. The second kappa shape index (κ2) is 6.06. The van der Waals surface area contributed by atoms with Crippen molar-refractivity contribution in [1.29, 1.82) is 0 Å². The molecular formula is C13H21N3O3. The Morgan fingerprint density at radius 1 is 1.16 bits per heavy atom. The average molecular weight is 267 g/mol. The van der Waals surface area contributed by atoms with Crippen LogP contribution in [0, 0.1) is 0 Å². The molecule has 0 aromatic carbocycles. The van der Waals surface area contributed by atoms with Gasteiger partial charge in [-0.3, -0.25) is 0 Å². The number of methoxy groups -OCH3 is 2. The van der Waals surface area contributed by atoms with E-state index in [4.69, 9.17) is 9.47 Å². The van der Waals surface area contributed by atoms with Crippen molar-refractivity contribution in [2.45, 2.75) is 37.6 Å². The SMILES string of the molecule is COc1cc(OC)nc(NC2(CO)CCCCC2)n1. The second-order valence-corrected chi connectivity index (χ2v) is 4.90. The summed E-state index contributed by atoms with van der Waals surface area (Å²) in [4.78, 5) is 8.50. The third-order valence-corrected chi connectivity index (χ3v) is 3.59. The largest absolute Gasteiger partial charge is 0.481 e. The van der Waals surface area contributed by atoms with E-state index >= 15 is 0 Å². The van der Waals surface area contributed by atoms with Gasteiger partial charge in [0.2, 0.25) is 17.7 Å². The summed E-state index contributed by atoms with van der Waals surface area (Å²) in [7, 11) is 3.10. The van der Waals surface area contributed by atoms with Crippen molar-refractivity contribution < 1.29 is 14.6 Å². The molecule has 0 saturated heterocycles. The highest BCUT2D eigenvalue weighted by molar-refractivity contribution is 5.36. The van der Waals surface area contributed by atoms with Crippen LogP contribution in [0.25, 0.3) is 0 Å². The van der Waals surface area contributed by atoms with Gasteiger partial charge in [-0.1, -0.05) is 19.3 Å². The summed E-state index contributed by atoms with van der Waals surface area (Å²) in [5, 5.41) is 12.9. The van der Waals surface area contributed by atoms with Gasteiger partial charge in [-0.05, 0) is 12.8 Å². The van der Waals surface area contributed by atoms with E-state index in [-0.39, 0.29) is 12.1 Å². The minimum absolute atomic E-state index is 0.0793. The van der Waals surface area contributed by atoms with Gasteiger partial charge >= 0.3 is 0 Å². The highest BCUT2D eigenvalue weighted by Crippen LogP contribution is 2.31. The fourth-order valence-electron chi connectivity index (χ4n) is 2.46. The molecule has 0 aliphatic heterocycles. The Labute approximate surface area is 113 Å². The van der Waals surface area contributed by atoms with E-state index in [1.807, 2.05) is 0 Å². The maximum absolute atomic E-state index is 9.68. The highest BCUT2D eigenvalue weighted by Gasteiger charge is 2.32. The van der Waals surface area contributed by atoms with Crippen molar-refractivity contribution in [1.82, 2.24) is 9.97 Å². The van der Waals surface area contributed by atoms with Crippen LogP contribution in [0.3, 0.4) is 0 Å². The summed E-state index contributed by atoms with van der Waals surface area (Å²) >= 11 is 0. The number of nitrogens with one attached hydrogen (secondary N) is 1. The molecule has 1 aliphatic carbocycles. The smallest absolute Gasteiger partial charge is 0.229 e. The zero-order valence-corrected chi connectivity index (χ0v) is 11.5. The van der Waals surface area contributed by atoms with Gasteiger partial charge in [-0.2, -0.15) is 9.97 Å². The van der Waals surface area contributed by atoms with Crippen LogP contribution in [0.15, 0.2) is 6.07 Å². The topological polar surface area (TPSA) is 76.5 Å². The van der Waals surface area contributed by atoms with E-state index in [1.54, 1.807) is 20.3 Å². The molecule has 1 aromatic heterocycles. The molecule has 1 saturated carbocycles. The number of aliphatic hydroxyl groups is 1. The number of anilines is 1. The molecule has 0 radical (unpaired) electrons. The minimum Gasteiger partial charge on any atom is -0.481 e. The molecule has 1 aromatic rings. The molecule has 0 unspecified atom stereocenters. The summed E-state index contributed by atoms with van der Waals surface area (Å²) in [6, 6.07) is 1.62. The zero-order valence-electron chi connectivity index (χ0n) is 11.5. The van der Waals surface area contributed by atoms with Crippen molar-refractivity contribution in [3.8, 4) is 11.8 Å². The quantitative estimate of drug-likeness (QED) is 0.844. The van der Waals surface area contributed by atoms with E-state index in [2.05, 4.69) is 15.3 Å². The maximum Gasteiger partial charge on any atom is 0.229 e. The Morgan fingerprint density at radius 3 is 2.21 bits per heavy atom. The van der Waals surface area contributed by atoms with Gasteiger partial charge in [-0.25, -0.2) is 0 Å². The average Bonchev–Trinajstić information content (AvgIpc) is 2.47. The number of rotatable bonds is 5. The van der Waals surface area contributed by atoms with Crippen molar-refractivity contribution in [2.24, 2.45) is 0 Å². The van der Waals surface area contributed by atoms with Gasteiger partial charge in [0.25, 0.3) is 0 Å². The molecule has 6 heteroatoms. The van der Waals surface area contributed by atoms with Gasteiger partial charge < -0.3 is 19.9 Å². The number of hydrogen-bond donors (Lipinski definition) is 2. The first-order valence-corrected chi connectivity index (χ1v) is 6.57. The number of aromatic nitrogens is 2. The van der Waals surface area contributed by atoms with Crippen LogP contribution in [0.4, 0.5) is 5.95 Å². The lowest BCUT2D eigenvalue weighted by molar-refractivity contribution is 0.172. The second-order valence-electron chi connectivity index (χ2n) is 4.90. The van der Waals surface area contributed by atoms with Crippen LogP contribution in [0.5, 0.6) is 11.8 Å². The fourth-order valence-corrected chi connectivity index (χ4v) is 2.46. The van der Waals surface area contributed by atoms with Crippen molar-refractivity contribution in [2.75, 3.05) is 26.1 Å². The molecule has 0 bridgehead atoms. The Balaban J connectivity index is 2.20. The molecular weight excluding hydrogens is 246 g/mol. The minimum atomic E-state index is -0.324. The van der Waals surface area contributed by atoms with Gasteiger partial charge in [0.15, 0.2) is 0 Å². The standard InChI is InChI=1S/C13H21N3O3/c1-18-10-8-11(19-2)15-12(14-10)16-13(9-17)6-4-3-5-7-13/h8,17H,3-7,9H2,1-2H3,(H,14,15,16). The van der Waals surface area contributed by atoms with E-state index in [0.717, 1.165) is 25.7 Å².